The van der Waals surface area contributed by atoms with Crippen LogP contribution in [0.1, 0.15) is 59.4 Å². The summed E-state index contributed by atoms with van der Waals surface area (Å²) in [6.45, 7) is 10.6. The van der Waals surface area contributed by atoms with Crippen molar-refractivity contribution in [2.45, 2.75) is 77.5 Å². The molecule has 47 heavy (non-hydrogen) atoms. The van der Waals surface area contributed by atoms with Gasteiger partial charge in [0.05, 0.1) is 12.1 Å². The third-order valence-electron chi connectivity index (χ3n) is 9.93. The molecular weight excluding hydrogens is 586 g/mol. The van der Waals surface area contributed by atoms with Crippen molar-refractivity contribution in [3.63, 3.8) is 0 Å². The van der Waals surface area contributed by atoms with E-state index in [1.54, 1.807) is 12.1 Å². The zero-order chi connectivity index (χ0) is 33.7. The van der Waals surface area contributed by atoms with Gasteiger partial charge in [0.1, 0.15) is 17.6 Å². The number of alkyl carbamates (subject to hydrolysis) is 1. The first-order valence-corrected chi connectivity index (χ1v) is 16.6. The summed E-state index contributed by atoms with van der Waals surface area (Å²) in [6, 6.07) is 33.6. The lowest BCUT2D eigenvalue weighted by atomic mass is 9.64. The van der Waals surface area contributed by atoms with Crippen molar-refractivity contribution in [3.8, 4) is 22.6 Å². The van der Waals surface area contributed by atoms with Crippen molar-refractivity contribution >= 4 is 27.6 Å². The fourth-order valence-corrected chi connectivity index (χ4v) is 6.93. The number of rotatable bonds is 3. The highest BCUT2D eigenvalue weighted by molar-refractivity contribution is 6.09. The second-order valence-corrected chi connectivity index (χ2v) is 13.6. The number of cyclic esters (lactones) is 1. The van der Waals surface area contributed by atoms with Crippen LogP contribution in [-0.4, -0.2) is 39.7 Å². The Hall–Kier alpha value is -4.55. The Labute approximate surface area is 278 Å². The average molecular weight is 634 g/mol. The molecule has 1 aliphatic heterocycles. The number of hydrogen-bond acceptors (Lipinski definition) is 5. The van der Waals surface area contributed by atoms with Crippen LogP contribution in [0.4, 0.5) is 4.79 Å². The van der Waals surface area contributed by atoms with Gasteiger partial charge in [-0.2, -0.15) is 0 Å². The number of carbonyl (C=O) groups is 1. The first-order chi connectivity index (χ1) is 22.5. The number of amides is 1. The van der Waals surface area contributed by atoms with Crippen LogP contribution in [-0.2, 0) is 10.2 Å². The van der Waals surface area contributed by atoms with Crippen molar-refractivity contribution in [3.05, 3.63) is 109 Å². The minimum Gasteiger partial charge on any atom is -0.507 e. The molecule has 5 atom stereocenters. The van der Waals surface area contributed by atoms with Gasteiger partial charge in [-0.3, -0.25) is 0 Å². The van der Waals surface area contributed by atoms with Gasteiger partial charge in [-0.05, 0) is 83.2 Å². The van der Waals surface area contributed by atoms with Gasteiger partial charge in [0.15, 0.2) is 0 Å². The van der Waals surface area contributed by atoms with Crippen LogP contribution >= 0.6 is 0 Å². The molecule has 0 bridgehead atoms. The van der Waals surface area contributed by atoms with Gasteiger partial charge in [-0.15, -0.1) is 0 Å². The standard InChI is InChI=1S/C20H14O2.C16H24O.C5H9NO2/c21-17-11-9-13-5-1-3-7-15(13)19(17)20-16-8-4-2-6-14(16)10-12-18(20)22;1-12-9-10-14(15(17)11-12)16(2,3)13-7-5-4-6-8-13;1-3-4(2)8-5(7)6-3/h1-12,21-22H;4-8,12,14-15,17H,9-11H2,1-3H3;3-4H,1-2H3,(H,6,7)/t;12-,14-,15-;3-,4+/m.01/s1. The topological polar surface area (TPSA) is 99.0 Å². The predicted molar refractivity (Wildman–Crippen MR) is 191 cm³/mol. The first kappa shape index (κ1) is 33.8. The van der Waals surface area contributed by atoms with E-state index in [1.165, 1.54) is 12.0 Å². The number of fused-ring (bicyclic) bond motifs is 2. The summed E-state index contributed by atoms with van der Waals surface area (Å²) in [5, 5.41) is 37.7. The SMILES string of the molecule is C[C@@H]1OC(=O)N[C@@H]1C.C[C@H]1CC[C@H](C(C)(C)c2ccccc2)[C@@H](O)C1.Oc1ccc2ccccc2c1-c1c(O)ccc2ccccc12. The monoisotopic (exact) mass is 633 g/mol. The number of phenols is 2. The Morgan fingerprint density at radius 3 is 1.66 bits per heavy atom. The van der Waals surface area contributed by atoms with E-state index in [-0.39, 0.29) is 41.3 Å². The lowest BCUT2D eigenvalue weighted by Gasteiger charge is -2.42. The molecule has 246 valence electrons. The van der Waals surface area contributed by atoms with E-state index in [9.17, 15) is 20.1 Å². The van der Waals surface area contributed by atoms with Gasteiger partial charge in [0.2, 0.25) is 0 Å². The van der Waals surface area contributed by atoms with Gasteiger partial charge in [-0.1, -0.05) is 118 Å². The summed E-state index contributed by atoms with van der Waals surface area (Å²) in [6.07, 6.45) is 2.94. The van der Waals surface area contributed by atoms with Gasteiger partial charge < -0.3 is 25.4 Å². The fraction of sp³-hybridized carbons (Fsp3) is 0.341. The highest BCUT2D eigenvalue weighted by Gasteiger charge is 2.39. The molecule has 0 spiro atoms. The van der Waals surface area contributed by atoms with Gasteiger partial charge >= 0.3 is 6.09 Å². The summed E-state index contributed by atoms with van der Waals surface area (Å²) in [7, 11) is 0. The molecule has 7 rings (SSSR count). The van der Waals surface area contributed by atoms with E-state index >= 15 is 0 Å². The van der Waals surface area contributed by atoms with E-state index in [2.05, 4.69) is 56.4 Å². The fourth-order valence-electron chi connectivity index (χ4n) is 6.93. The second kappa shape index (κ2) is 14.5. The van der Waals surface area contributed by atoms with E-state index in [0.717, 1.165) is 34.4 Å². The molecule has 5 aromatic carbocycles. The maximum atomic E-state index is 10.4. The third-order valence-corrected chi connectivity index (χ3v) is 9.93. The van der Waals surface area contributed by atoms with Crippen LogP contribution in [0.3, 0.4) is 0 Å². The average Bonchev–Trinajstić information content (AvgIpc) is 3.36. The van der Waals surface area contributed by atoms with Gasteiger partial charge in [0.25, 0.3) is 0 Å². The molecule has 0 aromatic heterocycles. The van der Waals surface area contributed by atoms with Gasteiger partial charge in [-0.25, -0.2) is 4.79 Å². The lowest BCUT2D eigenvalue weighted by Crippen LogP contribution is -2.41. The number of benzene rings is 5. The smallest absolute Gasteiger partial charge is 0.407 e. The largest absolute Gasteiger partial charge is 0.507 e. The van der Waals surface area contributed by atoms with Crippen LogP contribution in [0, 0.1) is 11.8 Å². The quantitative estimate of drug-likeness (QED) is 0.159. The molecule has 6 nitrogen and oxygen atoms in total. The highest BCUT2D eigenvalue weighted by Crippen LogP contribution is 2.45. The molecule has 1 saturated heterocycles. The maximum absolute atomic E-state index is 10.4. The Kier molecular flexibility index (Phi) is 10.4. The summed E-state index contributed by atoms with van der Waals surface area (Å²) in [5.74, 6) is 1.41. The van der Waals surface area contributed by atoms with Crippen LogP contribution in [0.15, 0.2) is 103 Å². The molecule has 2 aliphatic rings. The molecule has 5 aromatic rings. The molecule has 4 N–H and O–H groups in total. The minimum atomic E-state index is -0.301. The number of nitrogens with one attached hydrogen (secondary N) is 1. The van der Waals surface area contributed by atoms with Crippen molar-refractivity contribution in [1.82, 2.24) is 5.32 Å². The number of ether oxygens (including phenoxy) is 1. The zero-order valence-corrected chi connectivity index (χ0v) is 28.0. The molecule has 6 heteroatoms. The van der Waals surface area contributed by atoms with E-state index in [0.29, 0.717) is 23.0 Å². The zero-order valence-electron chi connectivity index (χ0n) is 28.0. The van der Waals surface area contributed by atoms with Crippen molar-refractivity contribution in [2.24, 2.45) is 11.8 Å². The van der Waals surface area contributed by atoms with Gasteiger partial charge in [0, 0.05) is 11.1 Å². The number of aliphatic hydroxyl groups is 1. The number of hydrogen-bond donors (Lipinski definition) is 4. The predicted octanol–water partition coefficient (Wildman–Crippen LogP) is 9.34. The molecular formula is C41H47NO5. The van der Waals surface area contributed by atoms with Crippen LogP contribution < -0.4 is 5.32 Å². The van der Waals surface area contributed by atoms with Crippen LogP contribution in [0.25, 0.3) is 32.7 Å². The highest BCUT2D eigenvalue weighted by atomic mass is 16.6. The molecule has 1 amide bonds. The normalized spacial score (nSPS) is 22.3. The number of aliphatic hydroxyl groups excluding tert-OH is 1. The number of aromatic hydroxyl groups is 2. The third kappa shape index (κ3) is 7.55. The molecule has 1 saturated carbocycles. The molecule has 0 unspecified atom stereocenters. The first-order valence-electron chi connectivity index (χ1n) is 16.6. The van der Waals surface area contributed by atoms with Crippen LogP contribution in [0.2, 0.25) is 0 Å². The van der Waals surface area contributed by atoms with Crippen molar-refractivity contribution < 1.29 is 24.9 Å². The number of carbonyl (C=O) groups excluding carboxylic acids is 1. The Morgan fingerprint density at radius 2 is 1.21 bits per heavy atom. The molecule has 1 aliphatic carbocycles. The van der Waals surface area contributed by atoms with E-state index < -0.39 is 0 Å². The Morgan fingerprint density at radius 1 is 0.702 bits per heavy atom. The second-order valence-electron chi connectivity index (χ2n) is 13.6. The summed E-state index contributed by atoms with van der Waals surface area (Å²) in [5.41, 5.74) is 2.76. The maximum Gasteiger partial charge on any atom is 0.407 e. The lowest BCUT2D eigenvalue weighted by molar-refractivity contribution is 0.0143. The molecule has 1 heterocycles. The Balaban J connectivity index is 0.000000153. The molecule has 2 fully saturated rings. The number of phenolic OH excluding ortho intramolecular Hbond substituents is 2. The van der Waals surface area contributed by atoms with Crippen molar-refractivity contribution in [2.75, 3.05) is 0 Å². The molecule has 0 radical (unpaired) electrons. The summed E-state index contributed by atoms with van der Waals surface area (Å²) >= 11 is 0. The van der Waals surface area contributed by atoms with Crippen molar-refractivity contribution in [1.29, 1.82) is 0 Å². The van der Waals surface area contributed by atoms with E-state index in [4.69, 9.17) is 4.74 Å². The van der Waals surface area contributed by atoms with E-state index in [1.807, 2.05) is 74.5 Å². The minimum absolute atomic E-state index is 0.0301. The van der Waals surface area contributed by atoms with Crippen LogP contribution in [0.5, 0.6) is 11.5 Å². The summed E-state index contributed by atoms with van der Waals surface area (Å²) in [4.78, 5) is 10.3. The Bertz CT molecular complexity index is 1720. The summed E-state index contributed by atoms with van der Waals surface area (Å²) < 4.78 is 4.72.